The molecule has 0 N–H and O–H groups in total. The zero-order chi connectivity index (χ0) is 20.1. The van der Waals surface area contributed by atoms with Crippen LogP contribution in [-0.2, 0) is 15.6 Å². The number of carbonyl (C=O) groups excluding carboxylic acids is 1. The van der Waals surface area contributed by atoms with Crippen molar-refractivity contribution in [1.29, 1.82) is 0 Å². The first-order chi connectivity index (χ1) is 13.4. The van der Waals surface area contributed by atoms with Gasteiger partial charge in [0.05, 0.1) is 0 Å². The molecule has 3 rings (SSSR count). The van der Waals surface area contributed by atoms with Gasteiger partial charge in [0.2, 0.25) is 0 Å². The number of hydrogen-bond donors (Lipinski definition) is 0. The Bertz CT molecular complexity index is 888. The Morgan fingerprint density at radius 3 is 1.79 bits per heavy atom. The highest BCUT2D eigenvalue weighted by Crippen LogP contribution is 2.34. The van der Waals surface area contributed by atoms with E-state index in [-0.39, 0.29) is 5.56 Å². The molecule has 0 spiro atoms. The lowest BCUT2D eigenvalue weighted by Gasteiger charge is -2.17. The van der Waals surface area contributed by atoms with E-state index >= 15 is 0 Å². The van der Waals surface area contributed by atoms with Crippen LogP contribution in [-0.4, -0.2) is 18.2 Å². The van der Waals surface area contributed by atoms with Gasteiger partial charge in [-0.25, -0.2) is 4.79 Å². The van der Waals surface area contributed by atoms with Gasteiger partial charge < -0.3 is 4.74 Å². The van der Waals surface area contributed by atoms with Gasteiger partial charge in [-0.05, 0) is 43.3 Å². The second kappa shape index (κ2) is 8.52. The van der Waals surface area contributed by atoms with E-state index in [0.29, 0.717) is 4.90 Å². The smallest absolute Gasteiger partial charge is 0.425 e. The summed E-state index contributed by atoms with van der Waals surface area (Å²) in [7, 11) is -0.665. The summed E-state index contributed by atoms with van der Waals surface area (Å²) < 4.78 is 43.2. The number of carbonyl (C=O) groups is 1. The van der Waals surface area contributed by atoms with E-state index in [2.05, 4.69) is 0 Å². The first-order valence-electron chi connectivity index (χ1n) is 8.59. The highest BCUT2D eigenvalue weighted by atomic mass is 32.2. The SMILES string of the molecule is CC(OC(=O)c1ccccc1[S+](c1ccccc1)c1ccccc1)C(F)(F)F. The van der Waals surface area contributed by atoms with Gasteiger partial charge >= 0.3 is 12.1 Å². The maximum atomic E-state index is 12.8. The first-order valence-corrected chi connectivity index (χ1v) is 9.81. The lowest BCUT2D eigenvalue weighted by atomic mass is 10.2. The quantitative estimate of drug-likeness (QED) is 0.392. The number of hydrogen-bond acceptors (Lipinski definition) is 2. The van der Waals surface area contributed by atoms with Crippen LogP contribution < -0.4 is 0 Å². The Hall–Kier alpha value is -2.73. The molecule has 3 aromatic carbocycles. The zero-order valence-electron chi connectivity index (χ0n) is 15.0. The van der Waals surface area contributed by atoms with Crippen molar-refractivity contribution in [2.24, 2.45) is 0 Å². The molecule has 0 saturated carbocycles. The monoisotopic (exact) mass is 403 g/mol. The van der Waals surface area contributed by atoms with Gasteiger partial charge in [0.15, 0.2) is 20.8 Å². The van der Waals surface area contributed by atoms with E-state index in [4.69, 9.17) is 4.74 Å². The molecule has 3 aromatic rings. The van der Waals surface area contributed by atoms with E-state index in [1.807, 2.05) is 60.7 Å². The summed E-state index contributed by atoms with van der Waals surface area (Å²) in [6.07, 6.45) is -6.78. The third kappa shape index (κ3) is 4.57. The minimum absolute atomic E-state index is 0.134. The highest BCUT2D eigenvalue weighted by Gasteiger charge is 2.41. The van der Waals surface area contributed by atoms with Gasteiger partial charge in [0.25, 0.3) is 0 Å². The number of rotatable bonds is 5. The van der Waals surface area contributed by atoms with Crippen molar-refractivity contribution in [3.8, 4) is 0 Å². The fourth-order valence-electron chi connectivity index (χ4n) is 2.61. The molecule has 144 valence electrons. The fourth-order valence-corrected chi connectivity index (χ4v) is 4.83. The van der Waals surface area contributed by atoms with Gasteiger partial charge in [-0.2, -0.15) is 13.2 Å². The van der Waals surface area contributed by atoms with Crippen LogP contribution in [0.1, 0.15) is 17.3 Å². The molecule has 1 unspecified atom stereocenters. The third-order valence-electron chi connectivity index (χ3n) is 4.03. The zero-order valence-corrected chi connectivity index (χ0v) is 15.8. The minimum Gasteiger partial charge on any atom is -0.449 e. The molecule has 0 aromatic heterocycles. The molecule has 1 atom stereocenters. The largest absolute Gasteiger partial charge is 0.449 e. The summed E-state index contributed by atoms with van der Waals surface area (Å²) in [5, 5.41) is 0. The molecule has 28 heavy (non-hydrogen) atoms. The second-order valence-corrected chi connectivity index (χ2v) is 8.01. The lowest BCUT2D eigenvalue weighted by molar-refractivity contribution is -0.198. The third-order valence-corrected chi connectivity index (χ3v) is 6.31. The Morgan fingerprint density at radius 2 is 1.29 bits per heavy atom. The summed E-state index contributed by atoms with van der Waals surface area (Å²) in [5.41, 5.74) is 0.134. The molecule has 0 amide bonds. The highest BCUT2D eigenvalue weighted by molar-refractivity contribution is 7.97. The van der Waals surface area contributed by atoms with Crippen LogP contribution in [0.2, 0.25) is 0 Å². The number of ether oxygens (including phenoxy) is 1. The van der Waals surface area contributed by atoms with Gasteiger partial charge in [0, 0.05) is 0 Å². The summed E-state index contributed by atoms with van der Waals surface area (Å²) in [6.45, 7) is 0.828. The van der Waals surface area contributed by atoms with Crippen LogP contribution >= 0.6 is 0 Å². The Morgan fingerprint density at radius 1 is 0.821 bits per heavy atom. The topological polar surface area (TPSA) is 26.3 Å². The number of benzene rings is 3. The summed E-state index contributed by atoms with van der Waals surface area (Å²) in [6, 6.07) is 25.8. The molecular formula is C22H18F3O2S+. The molecule has 0 heterocycles. The van der Waals surface area contributed by atoms with Crippen LogP contribution in [0.25, 0.3) is 0 Å². The molecule has 0 saturated heterocycles. The van der Waals surface area contributed by atoms with Crippen LogP contribution in [0.15, 0.2) is 99.6 Å². The van der Waals surface area contributed by atoms with E-state index in [0.717, 1.165) is 16.7 Å². The van der Waals surface area contributed by atoms with Crippen LogP contribution in [0, 0.1) is 0 Å². The van der Waals surface area contributed by atoms with Crippen molar-refractivity contribution in [3.63, 3.8) is 0 Å². The van der Waals surface area contributed by atoms with Crippen molar-refractivity contribution in [2.75, 3.05) is 0 Å². The maximum Gasteiger partial charge on any atom is 0.425 e. The molecule has 6 heteroatoms. The fraction of sp³-hybridized carbons (Fsp3) is 0.136. The van der Waals surface area contributed by atoms with Crippen LogP contribution in [0.3, 0.4) is 0 Å². The minimum atomic E-state index is -4.61. The van der Waals surface area contributed by atoms with E-state index < -0.39 is 29.1 Å². The van der Waals surface area contributed by atoms with Crippen LogP contribution in [0.4, 0.5) is 13.2 Å². The van der Waals surface area contributed by atoms with Gasteiger partial charge in [0.1, 0.15) is 16.5 Å². The molecule has 0 bridgehead atoms. The molecule has 0 aliphatic carbocycles. The average molecular weight is 403 g/mol. The standard InChI is InChI=1S/C22H18F3O2S/c1-16(22(23,24)25)27-21(26)19-14-8-9-15-20(19)28(17-10-4-2-5-11-17)18-12-6-3-7-13-18/h2-16H,1H3/q+1. The molecule has 0 aliphatic rings. The number of halogens is 3. The van der Waals surface area contributed by atoms with Crippen molar-refractivity contribution in [3.05, 3.63) is 90.5 Å². The van der Waals surface area contributed by atoms with Gasteiger partial charge in [-0.15, -0.1) is 0 Å². The summed E-state index contributed by atoms with van der Waals surface area (Å²) in [4.78, 5) is 15.1. The lowest BCUT2D eigenvalue weighted by Crippen LogP contribution is -2.31. The normalized spacial score (nSPS) is 12.6. The Balaban J connectivity index is 2.06. The van der Waals surface area contributed by atoms with E-state index in [1.165, 1.54) is 6.07 Å². The predicted octanol–water partition coefficient (Wildman–Crippen LogP) is 5.89. The molecule has 0 aliphatic heterocycles. The van der Waals surface area contributed by atoms with Crippen LogP contribution in [0.5, 0.6) is 0 Å². The summed E-state index contributed by atoms with van der Waals surface area (Å²) >= 11 is 0. The predicted molar refractivity (Wildman–Crippen MR) is 102 cm³/mol. The van der Waals surface area contributed by atoms with Crippen molar-refractivity contribution < 1.29 is 22.7 Å². The second-order valence-electron chi connectivity index (χ2n) is 6.02. The van der Waals surface area contributed by atoms with Gasteiger partial charge in [-0.1, -0.05) is 48.5 Å². The van der Waals surface area contributed by atoms with E-state index in [1.54, 1.807) is 18.2 Å². The van der Waals surface area contributed by atoms with Crippen molar-refractivity contribution >= 4 is 16.9 Å². The van der Waals surface area contributed by atoms with E-state index in [9.17, 15) is 18.0 Å². The first kappa shape index (κ1) is 20.0. The Labute approximate surface area is 164 Å². The molecule has 0 radical (unpaired) electrons. The average Bonchev–Trinajstić information content (AvgIpc) is 2.69. The Kier molecular flexibility index (Phi) is 6.09. The van der Waals surface area contributed by atoms with Gasteiger partial charge in [-0.3, -0.25) is 0 Å². The summed E-state index contributed by atoms with van der Waals surface area (Å²) in [5.74, 6) is -0.982. The number of alkyl halides is 3. The molecule has 0 fully saturated rings. The maximum absolute atomic E-state index is 12.8. The number of esters is 1. The molecule has 2 nitrogen and oxygen atoms in total. The van der Waals surface area contributed by atoms with Crippen molar-refractivity contribution in [1.82, 2.24) is 0 Å². The van der Waals surface area contributed by atoms with Crippen molar-refractivity contribution in [2.45, 2.75) is 33.9 Å². The molecular weight excluding hydrogens is 385 g/mol.